The molecule has 17 heavy (non-hydrogen) atoms. The van der Waals surface area contributed by atoms with Crippen LogP contribution in [-0.2, 0) is 4.79 Å². The van der Waals surface area contributed by atoms with Gasteiger partial charge in [0, 0.05) is 32.4 Å². The van der Waals surface area contributed by atoms with E-state index in [1.807, 2.05) is 0 Å². The van der Waals surface area contributed by atoms with Crippen molar-refractivity contribution in [2.75, 3.05) is 38.0 Å². The molecule has 0 saturated carbocycles. The summed E-state index contributed by atoms with van der Waals surface area (Å²) in [4.78, 5) is 21.6. The van der Waals surface area contributed by atoms with Crippen LogP contribution in [0.25, 0.3) is 0 Å². The number of amides is 1. The third kappa shape index (κ3) is 3.92. The maximum absolute atomic E-state index is 11.7. The van der Waals surface area contributed by atoms with Crippen LogP contribution in [0.15, 0.2) is 12.3 Å². The zero-order chi connectivity index (χ0) is 12.1. The van der Waals surface area contributed by atoms with E-state index < -0.39 is 0 Å². The van der Waals surface area contributed by atoms with Crippen molar-refractivity contribution < 1.29 is 4.79 Å². The number of hydrogen-bond donors (Lipinski definition) is 2. The molecular formula is C10H14ClN5O. The van der Waals surface area contributed by atoms with Gasteiger partial charge in [0.2, 0.25) is 11.9 Å². The standard InChI is InChI=1S/C10H14ClN5O/c11-8-1-2-13-10(14-8)15-9(17)7-16-5-3-12-4-6-16/h1-2,12H,3-7H2,(H,13,14,15,17). The molecule has 0 radical (unpaired) electrons. The Bertz CT molecular complexity index is 394. The quantitative estimate of drug-likeness (QED) is 0.743. The molecule has 0 bridgehead atoms. The van der Waals surface area contributed by atoms with E-state index in [0.717, 1.165) is 26.2 Å². The molecule has 2 heterocycles. The van der Waals surface area contributed by atoms with Gasteiger partial charge < -0.3 is 5.32 Å². The fourth-order valence-corrected chi connectivity index (χ4v) is 1.77. The predicted molar refractivity (Wildman–Crippen MR) is 65.0 cm³/mol. The maximum atomic E-state index is 11.7. The summed E-state index contributed by atoms with van der Waals surface area (Å²) in [6.45, 7) is 3.95. The number of rotatable bonds is 3. The number of piperazine rings is 1. The largest absolute Gasteiger partial charge is 0.314 e. The summed E-state index contributed by atoms with van der Waals surface area (Å²) < 4.78 is 0. The SMILES string of the molecule is O=C(CN1CCNCC1)Nc1nccc(Cl)n1. The predicted octanol–water partition coefficient (Wildman–Crippen LogP) is -0.0263. The summed E-state index contributed by atoms with van der Waals surface area (Å²) in [5, 5.41) is 6.17. The smallest absolute Gasteiger partial charge is 0.240 e. The van der Waals surface area contributed by atoms with Gasteiger partial charge in [-0.1, -0.05) is 11.6 Å². The van der Waals surface area contributed by atoms with E-state index in [1.165, 1.54) is 6.20 Å². The molecule has 1 fully saturated rings. The molecule has 92 valence electrons. The number of hydrogen-bond acceptors (Lipinski definition) is 5. The lowest BCUT2D eigenvalue weighted by molar-refractivity contribution is -0.117. The third-order valence-corrected chi connectivity index (χ3v) is 2.66. The molecule has 1 amide bonds. The van der Waals surface area contributed by atoms with Crippen LogP contribution >= 0.6 is 11.6 Å². The van der Waals surface area contributed by atoms with E-state index in [-0.39, 0.29) is 11.9 Å². The van der Waals surface area contributed by atoms with Crippen LogP contribution in [-0.4, -0.2) is 53.5 Å². The highest BCUT2D eigenvalue weighted by Gasteiger charge is 2.14. The number of halogens is 1. The highest BCUT2D eigenvalue weighted by Crippen LogP contribution is 2.05. The van der Waals surface area contributed by atoms with E-state index in [0.29, 0.717) is 11.7 Å². The van der Waals surface area contributed by atoms with E-state index in [4.69, 9.17) is 11.6 Å². The average Bonchev–Trinajstić information content (AvgIpc) is 2.30. The molecule has 7 heteroatoms. The van der Waals surface area contributed by atoms with Crippen molar-refractivity contribution in [1.29, 1.82) is 0 Å². The van der Waals surface area contributed by atoms with Crippen LogP contribution in [0.4, 0.5) is 5.95 Å². The van der Waals surface area contributed by atoms with Crippen molar-refractivity contribution in [3.63, 3.8) is 0 Å². The summed E-state index contributed by atoms with van der Waals surface area (Å²) in [5.74, 6) is 0.131. The number of anilines is 1. The van der Waals surface area contributed by atoms with Gasteiger partial charge in [-0.15, -0.1) is 0 Å². The van der Waals surface area contributed by atoms with Gasteiger partial charge in [0.25, 0.3) is 0 Å². The molecule has 1 aromatic rings. The Morgan fingerprint density at radius 2 is 2.29 bits per heavy atom. The molecular weight excluding hydrogens is 242 g/mol. The van der Waals surface area contributed by atoms with E-state index >= 15 is 0 Å². The molecule has 1 aliphatic rings. The number of carbonyl (C=O) groups is 1. The highest BCUT2D eigenvalue weighted by atomic mass is 35.5. The van der Waals surface area contributed by atoms with Crippen molar-refractivity contribution in [2.24, 2.45) is 0 Å². The Labute approximate surface area is 104 Å². The number of aromatic nitrogens is 2. The molecule has 2 rings (SSSR count). The first-order valence-electron chi connectivity index (χ1n) is 5.45. The Kier molecular flexibility index (Phi) is 4.24. The minimum atomic E-state index is -0.117. The lowest BCUT2D eigenvalue weighted by atomic mass is 10.3. The van der Waals surface area contributed by atoms with Gasteiger partial charge in [-0.05, 0) is 6.07 Å². The van der Waals surface area contributed by atoms with Gasteiger partial charge in [-0.2, -0.15) is 0 Å². The van der Waals surface area contributed by atoms with Gasteiger partial charge in [-0.25, -0.2) is 9.97 Å². The van der Waals surface area contributed by atoms with E-state index in [1.54, 1.807) is 6.07 Å². The van der Waals surface area contributed by atoms with Crippen LogP contribution in [0.2, 0.25) is 5.15 Å². The average molecular weight is 256 g/mol. The second kappa shape index (κ2) is 5.90. The van der Waals surface area contributed by atoms with Crippen molar-refractivity contribution in [1.82, 2.24) is 20.2 Å². The Balaban J connectivity index is 1.84. The summed E-state index contributed by atoms with van der Waals surface area (Å²) in [6.07, 6.45) is 1.51. The summed E-state index contributed by atoms with van der Waals surface area (Å²) in [7, 11) is 0. The minimum absolute atomic E-state index is 0.117. The third-order valence-electron chi connectivity index (χ3n) is 2.45. The van der Waals surface area contributed by atoms with Gasteiger partial charge in [0.1, 0.15) is 5.15 Å². The second-order valence-electron chi connectivity index (χ2n) is 3.78. The number of carbonyl (C=O) groups excluding carboxylic acids is 1. The first kappa shape index (κ1) is 12.2. The molecule has 1 aliphatic heterocycles. The molecule has 2 N–H and O–H groups in total. The van der Waals surface area contributed by atoms with Crippen LogP contribution < -0.4 is 10.6 Å². The Morgan fingerprint density at radius 3 is 3.00 bits per heavy atom. The topological polar surface area (TPSA) is 70.2 Å². The van der Waals surface area contributed by atoms with Crippen LogP contribution in [0.5, 0.6) is 0 Å². The molecule has 0 aliphatic carbocycles. The fourth-order valence-electron chi connectivity index (χ4n) is 1.63. The number of nitrogens with one attached hydrogen (secondary N) is 2. The summed E-state index contributed by atoms with van der Waals surface area (Å²) in [6, 6.07) is 1.56. The van der Waals surface area contributed by atoms with Gasteiger partial charge >= 0.3 is 0 Å². The van der Waals surface area contributed by atoms with E-state index in [2.05, 4.69) is 25.5 Å². The highest BCUT2D eigenvalue weighted by molar-refractivity contribution is 6.29. The first-order chi connectivity index (χ1) is 8.24. The van der Waals surface area contributed by atoms with Crippen molar-refractivity contribution in [2.45, 2.75) is 0 Å². The zero-order valence-electron chi connectivity index (χ0n) is 9.32. The molecule has 6 nitrogen and oxygen atoms in total. The molecule has 0 atom stereocenters. The van der Waals surface area contributed by atoms with Gasteiger partial charge in [0.15, 0.2) is 0 Å². The normalized spacial score (nSPS) is 16.8. The van der Waals surface area contributed by atoms with Gasteiger partial charge in [0.05, 0.1) is 6.54 Å². The summed E-state index contributed by atoms with van der Waals surface area (Å²) >= 11 is 5.70. The molecule has 0 unspecified atom stereocenters. The van der Waals surface area contributed by atoms with E-state index in [9.17, 15) is 4.79 Å². The Hall–Kier alpha value is -1.24. The van der Waals surface area contributed by atoms with Crippen LogP contribution in [0.1, 0.15) is 0 Å². The lowest BCUT2D eigenvalue weighted by Gasteiger charge is -2.26. The first-order valence-corrected chi connectivity index (χ1v) is 5.83. The molecule has 1 saturated heterocycles. The second-order valence-corrected chi connectivity index (χ2v) is 4.16. The Morgan fingerprint density at radius 1 is 1.53 bits per heavy atom. The monoisotopic (exact) mass is 255 g/mol. The van der Waals surface area contributed by atoms with Crippen molar-refractivity contribution >= 4 is 23.5 Å². The maximum Gasteiger partial charge on any atom is 0.240 e. The summed E-state index contributed by atoms with van der Waals surface area (Å²) in [5.41, 5.74) is 0. The minimum Gasteiger partial charge on any atom is -0.314 e. The van der Waals surface area contributed by atoms with Crippen LogP contribution in [0.3, 0.4) is 0 Å². The zero-order valence-corrected chi connectivity index (χ0v) is 10.1. The molecule has 0 aromatic carbocycles. The van der Waals surface area contributed by atoms with Gasteiger partial charge in [-0.3, -0.25) is 15.0 Å². The molecule has 1 aromatic heterocycles. The number of nitrogens with zero attached hydrogens (tertiary/aromatic N) is 3. The molecule has 0 spiro atoms. The fraction of sp³-hybridized carbons (Fsp3) is 0.500. The van der Waals surface area contributed by atoms with Crippen molar-refractivity contribution in [3.8, 4) is 0 Å². The van der Waals surface area contributed by atoms with Crippen LogP contribution in [0, 0.1) is 0 Å². The van der Waals surface area contributed by atoms with Crippen molar-refractivity contribution in [3.05, 3.63) is 17.4 Å². The lowest BCUT2D eigenvalue weighted by Crippen LogP contribution is -2.46.